The number of carbonyl (C=O) groups is 1. The molecule has 0 saturated heterocycles. The van der Waals surface area contributed by atoms with Gasteiger partial charge in [-0.3, -0.25) is 9.48 Å². The highest BCUT2D eigenvalue weighted by Crippen LogP contribution is 2.38. The van der Waals surface area contributed by atoms with Gasteiger partial charge in [0.2, 0.25) is 0 Å². The Hall–Kier alpha value is -2.45. The maximum atomic E-state index is 13.1. The van der Waals surface area contributed by atoms with Gasteiger partial charge in [-0.05, 0) is 56.2 Å². The van der Waals surface area contributed by atoms with Gasteiger partial charge < -0.3 is 15.2 Å². The third-order valence-corrected chi connectivity index (χ3v) is 8.73. The van der Waals surface area contributed by atoms with Crippen molar-refractivity contribution in [2.75, 3.05) is 12.8 Å². The lowest BCUT2D eigenvalue weighted by molar-refractivity contribution is -0.135. The van der Waals surface area contributed by atoms with E-state index in [0.29, 0.717) is 5.56 Å². The molecule has 0 unspecified atom stereocenters. The monoisotopic (exact) mass is 601 g/mol. The fraction of sp³-hybridized carbons (Fsp3) is 0.583. The van der Waals surface area contributed by atoms with E-state index >= 15 is 0 Å². The van der Waals surface area contributed by atoms with Crippen LogP contribution < -0.4 is 10.1 Å². The SMILES string of the molecule is Cn1nc(C(=O)NCC2(O)CCC(S(C)(=O)=O)CC2)c(Cl)c1-c1ccc(CCCC(F)(F)F)cc1OC(F)F. The van der Waals surface area contributed by atoms with Gasteiger partial charge in [-0.25, -0.2) is 8.42 Å². The standard InChI is InChI=1S/C24H29ClF5N3O5S/c1-33-20(16-6-5-14(4-3-9-24(28,29)30)12-17(16)38-22(26)27)18(25)19(32-33)21(34)31-13-23(35)10-7-15(8-11-23)39(2,36)37/h5-6,12,15,22,35H,3-4,7-11,13H2,1-2H3,(H,31,34). The van der Waals surface area contributed by atoms with E-state index in [2.05, 4.69) is 15.2 Å². The van der Waals surface area contributed by atoms with Crippen LogP contribution in [0.25, 0.3) is 11.3 Å². The molecule has 1 aliphatic carbocycles. The van der Waals surface area contributed by atoms with Gasteiger partial charge in [-0.2, -0.15) is 27.1 Å². The van der Waals surface area contributed by atoms with Crippen LogP contribution in [0.4, 0.5) is 22.0 Å². The van der Waals surface area contributed by atoms with E-state index in [1.165, 1.54) is 29.9 Å². The van der Waals surface area contributed by atoms with E-state index in [1.54, 1.807) is 0 Å². The van der Waals surface area contributed by atoms with Crippen LogP contribution in [0.1, 0.15) is 54.6 Å². The van der Waals surface area contributed by atoms with Crippen molar-refractivity contribution in [1.29, 1.82) is 0 Å². The van der Waals surface area contributed by atoms with Crippen molar-refractivity contribution >= 4 is 27.3 Å². The minimum Gasteiger partial charge on any atom is -0.434 e. The van der Waals surface area contributed by atoms with Crippen molar-refractivity contribution in [2.45, 2.75) is 68.6 Å². The molecule has 1 saturated carbocycles. The van der Waals surface area contributed by atoms with Crippen LogP contribution in [0, 0.1) is 0 Å². The molecule has 1 aromatic carbocycles. The molecule has 1 amide bonds. The Balaban J connectivity index is 1.78. The first-order valence-corrected chi connectivity index (χ1v) is 14.4. The summed E-state index contributed by atoms with van der Waals surface area (Å²) in [7, 11) is -1.82. The summed E-state index contributed by atoms with van der Waals surface area (Å²) < 4.78 is 93.0. The fourth-order valence-corrected chi connectivity index (χ4v) is 6.04. The number of carbonyl (C=O) groups excluding carboxylic acids is 1. The Morgan fingerprint density at radius 1 is 1.31 bits per heavy atom. The second-order valence-electron chi connectivity index (χ2n) is 9.75. The number of aliphatic hydroxyl groups is 1. The quantitative estimate of drug-likeness (QED) is 0.383. The van der Waals surface area contributed by atoms with E-state index in [-0.39, 0.29) is 72.8 Å². The zero-order valence-corrected chi connectivity index (χ0v) is 22.8. The molecule has 1 aliphatic rings. The third kappa shape index (κ3) is 8.27. The smallest absolute Gasteiger partial charge is 0.389 e. The van der Waals surface area contributed by atoms with E-state index in [4.69, 9.17) is 11.6 Å². The van der Waals surface area contributed by atoms with Crippen molar-refractivity contribution < 1.29 is 45.0 Å². The number of rotatable bonds is 10. The Morgan fingerprint density at radius 3 is 2.51 bits per heavy atom. The average molecular weight is 602 g/mol. The molecule has 39 heavy (non-hydrogen) atoms. The highest BCUT2D eigenvalue weighted by molar-refractivity contribution is 7.91. The van der Waals surface area contributed by atoms with Crippen LogP contribution in [0.3, 0.4) is 0 Å². The van der Waals surface area contributed by atoms with Gasteiger partial charge in [0, 0.05) is 31.8 Å². The number of aromatic nitrogens is 2. The summed E-state index contributed by atoms with van der Waals surface area (Å²) in [6.45, 7) is -3.42. The molecule has 0 bridgehead atoms. The lowest BCUT2D eigenvalue weighted by Gasteiger charge is -2.35. The molecule has 1 aromatic heterocycles. The van der Waals surface area contributed by atoms with Gasteiger partial charge in [0.25, 0.3) is 5.91 Å². The van der Waals surface area contributed by atoms with E-state index < -0.39 is 45.8 Å². The second-order valence-corrected chi connectivity index (χ2v) is 12.5. The summed E-state index contributed by atoms with van der Waals surface area (Å²) in [6.07, 6.45) is -3.67. The first-order valence-electron chi connectivity index (χ1n) is 12.1. The molecule has 8 nitrogen and oxygen atoms in total. The molecule has 2 N–H and O–H groups in total. The Labute approximate surface area is 227 Å². The molecule has 2 aromatic rings. The third-order valence-electron chi connectivity index (χ3n) is 6.69. The van der Waals surface area contributed by atoms with Crippen molar-refractivity contribution in [3.63, 3.8) is 0 Å². The van der Waals surface area contributed by atoms with Crippen molar-refractivity contribution in [3.8, 4) is 17.0 Å². The minimum absolute atomic E-state index is 0.0278. The summed E-state index contributed by atoms with van der Waals surface area (Å²) in [5, 5.41) is 16.7. The van der Waals surface area contributed by atoms with Gasteiger partial charge in [-0.15, -0.1) is 0 Å². The first kappa shape index (κ1) is 31.1. The summed E-state index contributed by atoms with van der Waals surface area (Å²) in [5.74, 6) is -1.09. The highest BCUT2D eigenvalue weighted by atomic mass is 35.5. The lowest BCUT2D eigenvalue weighted by Crippen LogP contribution is -2.47. The van der Waals surface area contributed by atoms with Gasteiger partial charge in [0.1, 0.15) is 15.6 Å². The number of ether oxygens (including phenoxy) is 1. The number of halogens is 6. The van der Waals surface area contributed by atoms with Crippen molar-refractivity contribution in [3.05, 3.63) is 34.5 Å². The summed E-state index contributed by atoms with van der Waals surface area (Å²) in [5.41, 5.74) is -1.12. The normalized spacial score (nSPS) is 20.3. The zero-order valence-electron chi connectivity index (χ0n) is 21.2. The van der Waals surface area contributed by atoms with Gasteiger partial charge >= 0.3 is 12.8 Å². The number of benzene rings is 1. The van der Waals surface area contributed by atoms with E-state index in [0.717, 1.165) is 6.26 Å². The number of amides is 1. The predicted molar refractivity (Wildman–Crippen MR) is 134 cm³/mol. The number of sulfone groups is 1. The molecule has 15 heteroatoms. The maximum Gasteiger partial charge on any atom is 0.389 e. The summed E-state index contributed by atoms with van der Waals surface area (Å²) in [6, 6.07) is 4.01. The molecule has 3 rings (SSSR count). The average Bonchev–Trinajstić information content (AvgIpc) is 3.10. The summed E-state index contributed by atoms with van der Waals surface area (Å²) in [4.78, 5) is 12.9. The van der Waals surface area contributed by atoms with Crippen LogP contribution >= 0.6 is 11.6 Å². The number of nitrogens with one attached hydrogen (secondary N) is 1. The predicted octanol–water partition coefficient (Wildman–Crippen LogP) is 4.68. The van der Waals surface area contributed by atoms with Crippen LogP contribution in [-0.4, -0.2) is 65.7 Å². The fourth-order valence-electron chi connectivity index (χ4n) is 4.60. The van der Waals surface area contributed by atoms with Gasteiger partial charge in [0.15, 0.2) is 5.69 Å². The molecular weight excluding hydrogens is 573 g/mol. The van der Waals surface area contributed by atoms with Crippen LogP contribution in [0.2, 0.25) is 5.02 Å². The molecule has 0 atom stereocenters. The number of hydrogen-bond donors (Lipinski definition) is 2. The zero-order chi connectivity index (χ0) is 29.2. The molecular formula is C24H29ClF5N3O5S. The maximum absolute atomic E-state index is 13.1. The summed E-state index contributed by atoms with van der Waals surface area (Å²) >= 11 is 6.43. The molecule has 218 valence electrons. The van der Waals surface area contributed by atoms with Gasteiger partial charge in [-0.1, -0.05) is 17.7 Å². The largest absolute Gasteiger partial charge is 0.434 e. The number of nitrogens with zero attached hydrogens (tertiary/aromatic N) is 2. The topological polar surface area (TPSA) is 111 Å². The van der Waals surface area contributed by atoms with Crippen LogP contribution in [0.5, 0.6) is 5.75 Å². The molecule has 1 fully saturated rings. The Kier molecular flexibility index (Phi) is 9.54. The van der Waals surface area contributed by atoms with Gasteiger partial charge in [0.05, 0.1) is 21.6 Å². The van der Waals surface area contributed by atoms with Crippen molar-refractivity contribution in [1.82, 2.24) is 15.1 Å². The van der Waals surface area contributed by atoms with E-state index in [1.807, 2.05) is 0 Å². The lowest BCUT2D eigenvalue weighted by atomic mass is 9.84. The molecule has 1 heterocycles. The molecule has 0 aliphatic heterocycles. The molecule has 0 spiro atoms. The number of alkyl halides is 5. The molecule has 0 radical (unpaired) electrons. The second kappa shape index (κ2) is 12.0. The van der Waals surface area contributed by atoms with Crippen molar-refractivity contribution in [2.24, 2.45) is 7.05 Å². The van der Waals surface area contributed by atoms with E-state index in [9.17, 15) is 40.3 Å². The Bertz CT molecular complexity index is 1290. The number of aryl methyl sites for hydroxylation is 2. The Morgan fingerprint density at radius 2 is 1.95 bits per heavy atom. The van der Waals surface area contributed by atoms with Crippen LogP contribution in [-0.2, 0) is 23.3 Å². The minimum atomic E-state index is -4.34. The first-order chi connectivity index (χ1) is 18.0. The number of hydrogen-bond acceptors (Lipinski definition) is 6. The highest BCUT2D eigenvalue weighted by Gasteiger charge is 2.37. The van der Waals surface area contributed by atoms with Crippen LogP contribution in [0.15, 0.2) is 18.2 Å².